The van der Waals surface area contributed by atoms with Gasteiger partial charge in [-0.3, -0.25) is 4.79 Å². The summed E-state index contributed by atoms with van der Waals surface area (Å²) in [6.07, 6.45) is 3.72. The van der Waals surface area contributed by atoms with Gasteiger partial charge in [0.1, 0.15) is 5.00 Å². The molecule has 7 heteroatoms. The molecule has 5 nitrogen and oxygen atoms in total. The number of nitrogens with zero attached hydrogens (tertiary/aromatic N) is 1. The summed E-state index contributed by atoms with van der Waals surface area (Å²) in [4.78, 5) is 30.6. The van der Waals surface area contributed by atoms with Gasteiger partial charge in [-0.15, -0.1) is 23.1 Å². The smallest absolute Gasteiger partial charge is 0.341 e. The molecule has 0 bridgehead atoms. The maximum Gasteiger partial charge on any atom is 0.341 e. The van der Waals surface area contributed by atoms with Crippen molar-refractivity contribution < 1.29 is 14.3 Å². The number of nitrogens with one attached hydrogen (secondary N) is 1. The molecule has 0 aliphatic heterocycles. The zero-order valence-corrected chi connectivity index (χ0v) is 18.3. The van der Waals surface area contributed by atoms with Crippen molar-refractivity contribution >= 4 is 40.0 Å². The van der Waals surface area contributed by atoms with Crippen LogP contribution < -0.4 is 5.32 Å². The first-order valence-electron chi connectivity index (χ1n) is 9.92. The van der Waals surface area contributed by atoms with Crippen LogP contribution in [0.15, 0.2) is 53.7 Å². The zero-order valence-electron chi connectivity index (χ0n) is 16.6. The van der Waals surface area contributed by atoms with Crippen LogP contribution in [0.1, 0.15) is 34.8 Å². The third-order valence-electron chi connectivity index (χ3n) is 4.86. The Kier molecular flexibility index (Phi) is 6.50. The van der Waals surface area contributed by atoms with Crippen molar-refractivity contribution in [2.24, 2.45) is 0 Å². The number of aromatic nitrogens is 1. The Balaban J connectivity index is 1.54. The second-order valence-electron chi connectivity index (χ2n) is 6.81. The number of aryl methyl sites for hydroxylation is 1. The van der Waals surface area contributed by atoms with Crippen molar-refractivity contribution in [1.82, 2.24) is 4.98 Å². The van der Waals surface area contributed by atoms with Gasteiger partial charge in [-0.05, 0) is 48.6 Å². The summed E-state index contributed by atoms with van der Waals surface area (Å²) in [6, 6.07) is 13.9. The quantitative estimate of drug-likeness (QED) is 0.405. The van der Waals surface area contributed by atoms with Crippen LogP contribution in [0.5, 0.6) is 0 Å². The van der Waals surface area contributed by atoms with E-state index in [1.54, 1.807) is 13.1 Å². The highest BCUT2D eigenvalue weighted by Gasteiger charge is 2.29. The Hall–Kier alpha value is -2.64. The van der Waals surface area contributed by atoms with Crippen LogP contribution in [0, 0.1) is 0 Å². The van der Waals surface area contributed by atoms with Crippen molar-refractivity contribution in [2.75, 3.05) is 17.7 Å². The van der Waals surface area contributed by atoms with E-state index >= 15 is 0 Å². The molecule has 1 aliphatic carbocycles. The molecule has 154 valence electrons. The lowest BCUT2D eigenvalue weighted by Gasteiger charge is -2.16. The molecule has 1 aromatic carbocycles. The van der Waals surface area contributed by atoms with Crippen LogP contribution in [0.25, 0.3) is 10.4 Å². The van der Waals surface area contributed by atoms with E-state index in [1.165, 1.54) is 28.7 Å². The van der Waals surface area contributed by atoms with Gasteiger partial charge in [-0.2, -0.15) is 0 Å². The van der Waals surface area contributed by atoms with E-state index in [0.29, 0.717) is 29.3 Å². The monoisotopic (exact) mass is 438 g/mol. The molecule has 2 heterocycles. The van der Waals surface area contributed by atoms with Gasteiger partial charge in [0, 0.05) is 23.2 Å². The molecule has 3 aromatic rings. The Labute approximate surface area is 183 Å². The molecule has 0 spiro atoms. The largest absolute Gasteiger partial charge is 0.462 e. The first-order chi connectivity index (χ1) is 14.7. The molecular formula is C23H22N2O3S2. The van der Waals surface area contributed by atoms with Crippen LogP contribution in [-0.2, 0) is 22.4 Å². The van der Waals surface area contributed by atoms with E-state index < -0.39 is 0 Å². The lowest BCUT2D eigenvalue weighted by Crippen LogP contribution is -2.16. The molecule has 0 unspecified atom stereocenters. The Morgan fingerprint density at radius 1 is 1.17 bits per heavy atom. The summed E-state index contributed by atoms with van der Waals surface area (Å²) in [5, 5.41) is 4.44. The minimum absolute atomic E-state index is 0.115. The summed E-state index contributed by atoms with van der Waals surface area (Å²) in [6.45, 7) is 2.09. The van der Waals surface area contributed by atoms with Gasteiger partial charge in [0.25, 0.3) is 0 Å². The molecule has 4 rings (SSSR count). The number of carbonyl (C=O) groups excluding carboxylic acids is 2. The molecule has 0 saturated carbocycles. The number of ether oxygens (including phenoxy) is 1. The van der Waals surface area contributed by atoms with Gasteiger partial charge >= 0.3 is 5.97 Å². The number of carbonyl (C=O) groups is 2. The first kappa shape index (κ1) is 20.6. The molecule has 1 N–H and O–H groups in total. The third-order valence-corrected chi connectivity index (χ3v) is 6.99. The molecule has 0 saturated heterocycles. The van der Waals surface area contributed by atoms with E-state index in [1.807, 2.05) is 30.3 Å². The van der Waals surface area contributed by atoms with Crippen molar-refractivity contribution in [3.63, 3.8) is 0 Å². The number of anilines is 1. The van der Waals surface area contributed by atoms with Crippen LogP contribution >= 0.6 is 23.1 Å². The van der Waals surface area contributed by atoms with Crippen LogP contribution in [0.4, 0.5) is 5.00 Å². The summed E-state index contributed by atoms with van der Waals surface area (Å²) >= 11 is 3.00. The van der Waals surface area contributed by atoms with Gasteiger partial charge in [-0.25, -0.2) is 9.78 Å². The lowest BCUT2D eigenvalue weighted by molar-refractivity contribution is -0.115. The molecule has 0 atom stereocenters. The highest BCUT2D eigenvalue weighted by atomic mass is 32.2. The molecule has 0 fully saturated rings. The number of esters is 1. The summed E-state index contributed by atoms with van der Waals surface area (Å²) in [7, 11) is 0. The molecule has 30 heavy (non-hydrogen) atoms. The predicted octanol–water partition coefficient (Wildman–Crippen LogP) is 5.21. The minimum atomic E-state index is -0.368. The second kappa shape index (κ2) is 9.45. The average Bonchev–Trinajstić information content (AvgIpc) is 3.13. The van der Waals surface area contributed by atoms with Crippen LogP contribution in [0.3, 0.4) is 0 Å². The highest BCUT2D eigenvalue weighted by molar-refractivity contribution is 7.99. The fourth-order valence-electron chi connectivity index (χ4n) is 3.52. The van der Waals surface area contributed by atoms with Crippen molar-refractivity contribution in [2.45, 2.75) is 31.2 Å². The molecule has 1 amide bonds. The second-order valence-corrected chi connectivity index (χ2v) is 8.94. The minimum Gasteiger partial charge on any atom is -0.462 e. The Morgan fingerprint density at radius 2 is 2.00 bits per heavy atom. The summed E-state index contributed by atoms with van der Waals surface area (Å²) in [5.41, 5.74) is 3.90. The maximum atomic E-state index is 12.7. The first-order valence-corrected chi connectivity index (χ1v) is 11.7. The van der Waals surface area contributed by atoms with Gasteiger partial charge in [-0.1, -0.05) is 30.3 Å². The Bertz CT molecular complexity index is 1060. The van der Waals surface area contributed by atoms with Gasteiger partial charge in [0.2, 0.25) is 5.91 Å². The van der Waals surface area contributed by atoms with E-state index in [2.05, 4.69) is 22.4 Å². The molecular weight excluding hydrogens is 416 g/mol. The standard InChI is InChI=1S/C23H22N2O3S2/c1-2-28-23(27)20-17-11-10-15-7-3-4-8-16(15)21(17)30-22(20)25-18(26)12-14-29-19-9-5-6-13-24-19/h3-9,13H,2,10-12,14H2,1H3,(H,25,26). The van der Waals surface area contributed by atoms with Crippen molar-refractivity contribution in [3.8, 4) is 10.4 Å². The number of benzene rings is 1. The van der Waals surface area contributed by atoms with Crippen molar-refractivity contribution in [1.29, 1.82) is 0 Å². The molecule has 2 aromatic heterocycles. The summed E-state index contributed by atoms with van der Waals surface area (Å²) < 4.78 is 5.31. The number of thiophene rings is 1. The van der Waals surface area contributed by atoms with Crippen molar-refractivity contribution in [3.05, 3.63) is 65.4 Å². The van der Waals surface area contributed by atoms with Crippen LogP contribution in [0.2, 0.25) is 0 Å². The van der Waals surface area contributed by atoms with Gasteiger partial charge < -0.3 is 10.1 Å². The van der Waals surface area contributed by atoms with E-state index in [9.17, 15) is 9.59 Å². The highest BCUT2D eigenvalue weighted by Crippen LogP contribution is 2.45. The topological polar surface area (TPSA) is 68.3 Å². The number of fused-ring (bicyclic) bond motifs is 3. The van der Waals surface area contributed by atoms with E-state index in [-0.39, 0.29) is 11.9 Å². The number of amides is 1. The van der Waals surface area contributed by atoms with Gasteiger partial charge in [0.05, 0.1) is 17.2 Å². The SMILES string of the molecule is CCOC(=O)c1c(NC(=O)CCSc2ccccn2)sc2c1CCc1ccccc1-2. The van der Waals surface area contributed by atoms with Crippen LogP contribution in [-0.4, -0.2) is 29.2 Å². The maximum absolute atomic E-state index is 12.7. The van der Waals surface area contributed by atoms with E-state index in [4.69, 9.17) is 4.74 Å². The number of hydrogen-bond acceptors (Lipinski definition) is 6. The number of thioether (sulfide) groups is 1. The normalized spacial score (nSPS) is 12.0. The predicted molar refractivity (Wildman–Crippen MR) is 121 cm³/mol. The molecule has 1 aliphatic rings. The lowest BCUT2D eigenvalue weighted by atomic mass is 9.89. The third kappa shape index (κ3) is 4.42. The fraction of sp³-hybridized carbons (Fsp3) is 0.261. The fourth-order valence-corrected chi connectivity index (χ4v) is 5.64. The van der Waals surface area contributed by atoms with E-state index in [0.717, 1.165) is 33.9 Å². The number of pyridine rings is 1. The van der Waals surface area contributed by atoms with Gasteiger partial charge in [0.15, 0.2) is 0 Å². The number of hydrogen-bond donors (Lipinski definition) is 1. The Morgan fingerprint density at radius 3 is 2.80 bits per heavy atom. The summed E-state index contributed by atoms with van der Waals surface area (Å²) in [5.74, 6) is 0.134. The average molecular weight is 439 g/mol. The zero-order chi connectivity index (χ0) is 20.9. The molecule has 0 radical (unpaired) electrons. The number of rotatable bonds is 7.